The summed E-state index contributed by atoms with van der Waals surface area (Å²) >= 11 is 0. The van der Waals surface area contributed by atoms with Gasteiger partial charge in [-0.15, -0.1) is 0 Å². The maximum absolute atomic E-state index is 12.9. The third kappa shape index (κ3) is 2.71. The molecule has 1 aliphatic heterocycles. The summed E-state index contributed by atoms with van der Waals surface area (Å²) < 4.78 is 40.3. The second kappa shape index (κ2) is 5.54. The summed E-state index contributed by atoms with van der Waals surface area (Å²) in [6.07, 6.45) is 1.31. The highest BCUT2D eigenvalue weighted by molar-refractivity contribution is 5.85. The number of allylic oxidation sites excluding steroid dienone is 1. The topological polar surface area (TPSA) is 47.8 Å². The van der Waals surface area contributed by atoms with Gasteiger partial charge in [0, 0.05) is 18.9 Å². The first-order valence-electron chi connectivity index (χ1n) is 7.66. The molecule has 25 heavy (non-hydrogen) atoms. The average Bonchev–Trinajstić information content (AvgIpc) is 2.98. The van der Waals surface area contributed by atoms with Gasteiger partial charge in [-0.2, -0.15) is 13.2 Å². The number of rotatable bonds is 1. The Morgan fingerprint density at radius 2 is 2.04 bits per heavy atom. The molecule has 2 aromatic heterocycles. The molecule has 0 spiro atoms. The molecule has 0 N–H and O–H groups in total. The predicted octanol–water partition coefficient (Wildman–Crippen LogP) is 3.75. The van der Waals surface area contributed by atoms with Crippen molar-refractivity contribution in [2.75, 3.05) is 0 Å². The molecule has 0 bridgehead atoms. The van der Waals surface area contributed by atoms with Crippen molar-refractivity contribution in [2.45, 2.75) is 19.1 Å². The first-order chi connectivity index (χ1) is 11.9. The van der Waals surface area contributed by atoms with Crippen LogP contribution in [0.3, 0.4) is 0 Å². The molecule has 0 amide bonds. The Kier molecular flexibility index (Phi) is 3.45. The minimum absolute atomic E-state index is 0.0602. The number of nitrogens with zero attached hydrogens (tertiary/aromatic N) is 3. The number of hydrogen-bond acceptors (Lipinski definition) is 3. The summed E-state index contributed by atoms with van der Waals surface area (Å²) in [5.74, 6) is 0.417. The molecule has 0 aliphatic carbocycles. The zero-order valence-corrected chi connectivity index (χ0v) is 12.9. The molecule has 0 saturated carbocycles. The molecule has 0 saturated heterocycles. The summed E-state index contributed by atoms with van der Waals surface area (Å²) in [5.41, 5.74) is 0.592. The van der Waals surface area contributed by atoms with Crippen molar-refractivity contribution in [3.8, 4) is 0 Å². The van der Waals surface area contributed by atoms with Crippen molar-refractivity contribution in [3.05, 3.63) is 70.0 Å². The predicted molar refractivity (Wildman–Crippen MR) is 87.7 cm³/mol. The fraction of sp³-hybridized carbons (Fsp3) is 0.167. The van der Waals surface area contributed by atoms with Gasteiger partial charge in [0.1, 0.15) is 5.82 Å². The van der Waals surface area contributed by atoms with E-state index in [0.717, 1.165) is 23.3 Å². The van der Waals surface area contributed by atoms with Crippen LogP contribution >= 0.6 is 0 Å². The summed E-state index contributed by atoms with van der Waals surface area (Å²) in [5, 5.41) is 0.194. The minimum atomic E-state index is -4.47. The summed E-state index contributed by atoms with van der Waals surface area (Å²) in [7, 11) is 0. The SMILES string of the molecule is O=c1c2ccc(C(F)(F)F)cc2nc2n1CCC2=Cc1cccnc1. The highest BCUT2D eigenvalue weighted by atomic mass is 19.4. The fourth-order valence-electron chi connectivity index (χ4n) is 2.99. The maximum Gasteiger partial charge on any atom is 0.416 e. The normalized spacial score (nSPS) is 15.7. The first-order valence-corrected chi connectivity index (χ1v) is 7.66. The maximum atomic E-state index is 12.9. The molecule has 4 nitrogen and oxygen atoms in total. The Balaban J connectivity index is 1.90. The average molecular weight is 343 g/mol. The van der Waals surface area contributed by atoms with E-state index in [1.165, 1.54) is 10.6 Å². The van der Waals surface area contributed by atoms with Crippen LogP contribution in [0, 0.1) is 0 Å². The zero-order chi connectivity index (χ0) is 17.6. The van der Waals surface area contributed by atoms with Gasteiger partial charge in [0.15, 0.2) is 0 Å². The smallest absolute Gasteiger partial charge is 0.292 e. The molecule has 0 unspecified atom stereocenters. The molecule has 3 aromatic rings. The Morgan fingerprint density at radius 1 is 1.20 bits per heavy atom. The van der Waals surface area contributed by atoms with Crippen molar-refractivity contribution >= 4 is 22.6 Å². The van der Waals surface area contributed by atoms with Crippen LogP contribution in [0.5, 0.6) is 0 Å². The third-order valence-corrected chi connectivity index (χ3v) is 4.20. The fourth-order valence-corrected chi connectivity index (χ4v) is 2.99. The van der Waals surface area contributed by atoms with Crippen LogP contribution in [0.1, 0.15) is 23.4 Å². The molecule has 0 atom stereocenters. The van der Waals surface area contributed by atoms with Crippen molar-refractivity contribution in [1.82, 2.24) is 14.5 Å². The number of halogens is 3. The Morgan fingerprint density at radius 3 is 2.76 bits per heavy atom. The molecular weight excluding hydrogens is 331 g/mol. The quantitative estimate of drug-likeness (QED) is 0.676. The molecule has 0 fully saturated rings. The van der Waals surface area contributed by atoms with E-state index in [2.05, 4.69) is 9.97 Å². The minimum Gasteiger partial charge on any atom is -0.292 e. The van der Waals surface area contributed by atoms with Crippen molar-refractivity contribution in [3.63, 3.8) is 0 Å². The highest BCUT2D eigenvalue weighted by Gasteiger charge is 2.31. The van der Waals surface area contributed by atoms with Crippen LogP contribution in [-0.4, -0.2) is 14.5 Å². The monoisotopic (exact) mass is 343 g/mol. The molecular formula is C18H12F3N3O. The molecule has 7 heteroatoms. The summed E-state index contributed by atoms with van der Waals surface area (Å²) in [6.45, 7) is 0.463. The van der Waals surface area contributed by atoms with Gasteiger partial charge in [-0.3, -0.25) is 14.3 Å². The number of fused-ring (bicyclic) bond motifs is 2. The van der Waals surface area contributed by atoms with Crippen molar-refractivity contribution in [2.24, 2.45) is 0 Å². The van der Waals surface area contributed by atoms with Crippen LogP contribution in [0.25, 0.3) is 22.6 Å². The largest absolute Gasteiger partial charge is 0.416 e. The third-order valence-electron chi connectivity index (χ3n) is 4.20. The number of alkyl halides is 3. The van der Waals surface area contributed by atoms with E-state index in [1.807, 2.05) is 12.1 Å². The molecule has 0 radical (unpaired) electrons. The number of benzene rings is 1. The van der Waals surface area contributed by atoms with E-state index < -0.39 is 11.7 Å². The van der Waals surface area contributed by atoms with E-state index in [9.17, 15) is 18.0 Å². The lowest BCUT2D eigenvalue weighted by molar-refractivity contribution is -0.137. The lowest BCUT2D eigenvalue weighted by Crippen LogP contribution is -2.21. The van der Waals surface area contributed by atoms with E-state index in [4.69, 9.17) is 0 Å². The van der Waals surface area contributed by atoms with Gasteiger partial charge in [-0.25, -0.2) is 4.98 Å². The summed E-state index contributed by atoms with van der Waals surface area (Å²) in [4.78, 5) is 21.0. The lowest BCUT2D eigenvalue weighted by atomic mass is 10.1. The molecule has 1 aromatic carbocycles. The van der Waals surface area contributed by atoms with Crippen LogP contribution in [0.2, 0.25) is 0 Å². The number of aromatic nitrogens is 3. The molecule has 4 rings (SSSR count). The Hall–Kier alpha value is -2.96. The highest BCUT2D eigenvalue weighted by Crippen LogP contribution is 2.32. The van der Waals surface area contributed by atoms with Crippen molar-refractivity contribution < 1.29 is 13.2 Å². The van der Waals surface area contributed by atoms with Gasteiger partial charge < -0.3 is 0 Å². The van der Waals surface area contributed by atoms with Gasteiger partial charge in [-0.1, -0.05) is 6.07 Å². The van der Waals surface area contributed by atoms with Crippen molar-refractivity contribution in [1.29, 1.82) is 0 Å². The van der Waals surface area contributed by atoms with Crippen LogP contribution in [0.15, 0.2) is 47.5 Å². The molecule has 1 aliphatic rings. The zero-order valence-electron chi connectivity index (χ0n) is 12.9. The Bertz CT molecular complexity index is 1050. The van der Waals surface area contributed by atoms with E-state index in [0.29, 0.717) is 18.8 Å². The molecule has 3 heterocycles. The van der Waals surface area contributed by atoms with E-state index in [1.54, 1.807) is 18.5 Å². The van der Waals surface area contributed by atoms with Gasteiger partial charge in [0.25, 0.3) is 5.56 Å². The van der Waals surface area contributed by atoms with Crippen LogP contribution in [-0.2, 0) is 12.7 Å². The number of hydrogen-bond donors (Lipinski definition) is 0. The van der Waals surface area contributed by atoms with Gasteiger partial charge in [0.2, 0.25) is 0 Å². The first kappa shape index (κ1) is 15.6. The number of pyridine rings is 1. The second-order valence-electron chi connectivity index (χ2n) is 5.83. The lowest BCUT2D eigenvalue weighted by Gasteiger charge is -2.09. The van der Waals surface area contributed by atoms with Gasteiger partial charge in [0.05, 0.1) is 16.5 Å². The second-order valence-corrected chi connectivity index (χ2v) is 5.83. The van der Waals surface area contributed by atoms with Crippen LogP contribution < -0.4 is 5.56 Å². The van der Waals surface area contributed by atoms with Crippen LogP contribution in [0.4, 0.5) is 13.2 Å². The Labute approximate surface area is 140 Å². The van der Waals surface area contributed by atoms with Gasteiger partial charge in [-0.05, 0) is 47.9 Å². The standard InChI is InChI=1S/C18H12F3N3O/c19-18(20,21)13-3-4-14-15(9-13)23-16-12(5-7-24(16)17(14)25)8-11-2-1-6-22-10-11/h1-4,6,8-10H,5,7H2. The van der Waals surface area contributed by atoms with E-state index in [-0.39, 0.29) is 16.5 Å². The molecule has 126 valence electrons. The summed E-state index contributed by atoms with van der Waals surface area (Å²) in [6, 6.07) is 6.70. The van der Waals surface area contributed by atoms with E-state index >= 15 is 0 Å². The van der Waals surface area contributed by atoms with Gasteiger partial charge >= 0.3 is 6.18 Å².